The molecule has 2 heterocycles. The van der Waals surface area contributed by atoms with E-state index in [4.69, 9.17) is 5.11 Å². The van der Waals surface area contributed by atoms with Gasteiger partial charge in [0.25, 0.3) is 5.91 Å². The Kier molecular flexibility index (Phi) is 3.87. The fraction of sp³-hybridized carbons (Fsp3) is 0.316. The highest BCUT2D eigenvalue weighted by molar-refractivity contribution is 6.07. The second-order valence-electron chi connectivity index (χ2n) is 7.13. The third-order valence-corrected chi connectivity index (χ3v) is 4.48. The van der Waals surface area contributed by atoms with Gasteiger partial charge in [0.05, 0.1) is 5.56 Å². The molecule has 1 aromatic carbocycles. The monoisotopic (exact) mass is 324 g/mol. The smallest absolute Gasteiger partial charge is 0.335 e. The molecule has 1 amide bonds. The zero-order chi connectivity index (χ0) is 17.5. The van der Waals surface area contributed by atoms with Crippen LogP contribution in [0.2, 0.25) is 0 Å². The Morgan fingerprint density at radius 3 is 2.58 bits per heavy atom. The average Bonchev–Trinajstić information content (AvgIpc) is 2.94. The van der Waals surface area contributed by atoms with Crippen molar-refractivity contribution in [1.29, 1.82) is 0 Å². The van der Waals surface area contributed by atoms with E-state index >= 15 is 0 Å². The van der Waals surface area contributed by atoms with Crippen LogP contribution in [0.3, 0.4) is 0 Å². The van der Waals surface area contributed by atoms with Gasteiger partial charge < -0.3 is 10.0 Å². The molecule has 1 aliphatic heterocycles. The Bertz CT molecular complexity index is 808. The number of amides is 1. The number of nitrogens with zero attached hydrogens (tertiary/aromatic N) is 2. The van der Waals surface area contributed by atoms with Crippen molar-refractivity contribution in [3.8, 4) is 0 Å². The highest BCUT2D eigenvalue weighted by Crippen LogP contribution is 2.45. The summed E-state index contributed by atoms with van der Waals surface area (Å²) in [5.74, 6) is -1.11. The Hall–Kier alpha value is -2.69. The molecule has 24 heavy (non-hydrogen) atoms. The Morgan fingerprint density at radius 2 is 1.92 bits per heavy atom. The minimum atomic E-state index is -1.07. The first-order valence-corrected chi connectivity index (χ1v) is 7.89. The summed E-state index contributed by atoms with van der Waals surface area (Å²) in [5, 5.41) is 9.11. The van der Waals surface area contributed by atoms with Crippen LogP contribution in [0.4, 0.5) is 5.69 Å². The van der Waals surface area contributed by atoms with Crippen molar-refractivity contribution in [3.05, 3.63) is 59.4 Å². The molecule has 1 aliphatic rings. The normalized spacial score (nSPS) is 16.8. The number of benzene rings is 1. The van der Waals surface area contributed by atoms with Crippen molar-refractivity contribution in [3.63, 3.8) is 0 Å². The number of carboxylic acid groups (broad SMARTS) is 1. The molecule has 3 rings (SSSR count). The van der Waals surface area contributed by atoms with Gasteiger partial charge in [0.1, 0.15) is 5.69 Å². The number of anilines is 1. The lowest BCUT2D eigenvalue weighted by atomic mass is 9.78. The highest BCUT2D eigenvalue weighted by Gasteiger charge is 2.39. The summed E-state index contributed by atoms with van der Waals surface area (Å²) in [5.41, 5.74) is 2.26. The molecule has 0 bridgehead atoms. The quantitative estimate of drug-likeness (QED) is 0.917. The molecule has 0 saturated carbocycles. The zero-order valence-corrected chi connectivity index (χ0v) is 14.0. The molecule has 5 nitrogen and oxygen atoms in total. The molecule has 2 aromatic rings. The van der Waals surface area contributed by atoms with E-state index in [0.717, 1.165) is 11.3 Å². The molecule has 0 radical (unpaired) electrons. The molecule has 1 aromatic heterocycles. The van der Waals surface area contributed by atoms with Gasteiger partial charge in [-0.1, -0.05) is 39.0 Å². The van der Waals surface area contributed by atoms with Gasteiger partial charge in [0.15, 0.2) is 0 Å². The highest BCUT2D eigenvalue weighted by atomic mass is 16.4. The molecule has 1 atom stereocenters. The summed E-state index contributed by atoms with van der Waals surface area (Å²) in [6, 6.07) is 10.6. The average molecular weight is 324 g/mol. The van der Waals surface area contributed by atoms with E-state index in [1.165, 1.54) is 18.3 Å². The maximum Gasteiger partial charge on any atom is 0.335 e. The summed E-state index contributed by atoms with van der Waals surface area (Å²) in [6.45, 7) is 7.05. The van der Waals surface area contributed by atoms with Crippen molar-refractivity contribution in [2.24, 2.45) is 5.41 Å². The number of hydrogen-bond acceptors (Lipinski definition) is 3. The first-order valence-electron chi connectivity index (χ1n) is 7.89. The largest absolute Gasteiger partial charge is 0.478 e. The first kappa shape index (κ1) is 16.2. The van der Waals surface area contributed by atoms with Gasteiger partial charge in [-0.15, -0.1) is 0 Å². The lowest BCUT2D eigenvalue weighted by Gasteiger charge is -2.27. The van der Waals surface area contributed by atoms with E-state index in [2.05, 4.69) is 31.8 Å². The number of pyridine rings is 1. The topological polar surface area (TPSA) is 70.5 Å². The zero-order valence-electron chi connectivity index (χ0n) is 14.0. The van der Waals surface area contributed by atoms with Gasteiger partial charge in [0.2, 0.25) is 0 Å². The van der Waals surface area contributed by atoms with Crippen molar-refractivity contribution in [2.45, 2.75) is 26.7 Å². The molecule has 1 unspecified atom stereocenters. The van der Waals surface area contributed by atoms with Gasteiger partial charge in [-0.2, -0.15) is 0 Å². The van der Waals surface area contributed by atoms with Gasteiger partial charge in [0, 0.05) is 24.3 Å². The van der Waals surface area contributed by atoms with E-state index in [-0.39, 0.29) is 28.5 Å². The van der Waals surface area contributed by atoms with E-state index in [0.29, 0.717) is 6.54 Å². The van der Waals surface area contributed by atoms with Crippen molar-refractivity contribution >= 4 is 17.6 Å². The van der Waals surface area contributed by atoms with Crippen LogP contribution >= 0.6 is 0 Å². The molecule has 124 valence electrons. The van der Waals surface area contributed by atoms with Crippen LogP contribution < -0.4 is 4.90 Å². The SMILES string of the molecule is CC(C)(C)C1CN(C(=O)c2cc(C(=O)O)ccn2)c2ccccc21. The summed E-state index contributed by atoms with van der Waals surface area (Å²) in [7, 11) is 0. The number of carboxylic acids is 1. The lowest BCUT2D eigenvalue weighted by Crippen LogP contribution is -2.33. The predicted octanol–water partition coefficient (Wildman–Crippen LogP) is 3.57. The summed E-state index contributed by atoms with van der Waals surface area (Å²) in [6.07, 6.45) is 1.36. The summed E-state index contributed by atoms with van der Waals surface area (Å²) >= 11 is 0. The third kappa shape index (κ3) is 2.77. The molecule has 1 N–H and O–H groups in total. The second-order valence-corrected chi connectivity index (χ2v) is 7.13. The third-order valence-electron chi connectivity index (χ3n) is 4.48. The minimum absolute atomic E-state index is 0.0154. The van der Waals surface area contributed by atoms with Crippen LogP contribution in [0.5, 0.6) is 0 Å². The number of rotatable bonds is 2. The Labute approximate surface area is 140 Å². The van der Waals surface area contributed by atoms with Crippen LogP contribution in [0.15, 0.2) is 42.6 Å². The van der Waals surface area contributed by atoms with Crippen LogP contribution in [0.1, 0.15) is 53.1 Å². The number of hydrogen-bond donors (Lipinski definition) is 1. The number of carbonyl (C=O) groups is 2. The molecular weight excluding hydrogens is 304 g/mol. The first-order chi connectivity index (χ1) is 11.3. The van der Waals surface area contributed by atoms with Gasteiger partial charge in [-0.3, -0.25) is 9.78 Å². The number of fused-ring (bicyclic) bond motifs is 1. The molecule has 0 aliphatic carbocycles. The van der Waals surface area contributed by atoms with E-state index < -0.39 is 5.97 Å². The maximum absolute atomic E-state index is 12.9. The molecule has 0 fully saturated rings. The summed E-state index contributed by atoms with van der Waals surface area (Å²) < 4.78 is 0. The summed E-state index contributed by atoms with van der Waals surface area (Å²) in [4.78, 5) is 29.8. The standard InChI is InChI=1S/C19H20N2O3/c1-19(2,3)14-11-21(16-7-5-4-6-13(14)16)17(22)15-10-12(18(23)24)8-9-20-15/h4-10,14H,11H2,1-3H3,(H,23,24). The predicted molar refractivity (Wildman–Crippen MR) is 91.5 cm³/mol. The number of carbonyl (C=O) groups excluding carboxylic acids is 1. The van der Waals surface area contributed by atoms with Crippen LogP contribution in [-0.2, 0) is 0 Å². The Balaban J connectivity index is 2.00. The number of para-hydroxylation sites is 1. The van der Waals surface area contributed by atoms with Gasteiger partial charge >= 0.3 is 5.97 Å². The lowest BCUT2D eigenvalue weighted by molar-refractivity contribution is 0.0696. The molecule has 0 saturated heterocycles. The molecule has 0 spiro atoms. The maximum atomic E-state index is 12.9. The Morgan fingerprint density at radius 1 is 1.21 bits per heavy atom. The number of aromatic carboxylic acids is 1. The van der Waals surface area contributed by atoms with Crippen LogP contribution in [-0.4, -0.2) is 28.5 Å². The second kappa shape index (κ2) is 5.74. The fourth-order valence-electron chi connectivity index (χ4n) is 3.16. The van der Waals surface area contributed by atoms with Crippen LogP contribution in [0, 0.1) is 5.41 Å². The van der Waals surface area contributed by atoms with E-state index in [1.54, 1.807) is 4.90 Å². The van der Waals surface area contributed by atoms with Crippen molar-refractivity contribution < 1.29 is 14.7 Å². The van der Waals surface area contributed by atoms with Gasteiger partial charge in [-0.25, -0.2) is 4.79 Å². The number of aromatic nitrogens is 1. The van der Waals surface area contributed by atoms with Crippen LogP contribution in [0.25, 0.3) is 0 Å². The van der Waals surface area contributed by atoms with E-state index in [1.807, 2.05) is 18.2 Å². The molecular formula is C19H20N2O3. The minimum Gasteiger partial charge on any atom is -0.478 e. The van der Waals surface area contributed by atoms with Gasteiger partial charge in [-0.05, 0) is 29.2 Å². The van der Waals surface area contributed by atoms with Crippen molar-refractivity contribution in [2.75, 3.05) is 11.4 Å². The van der Waals surface area contributed by atoms with Crippen molar-refractivity contribution in [1.82, 2.24) is 4.98 Å². The fourth-order valence-corrected chi connectivity index (χ4v) is 3.16. The molecule has 5 heteroatoms. The van der Waals surface area contributed by atoms with E-state index in [9.17, 15) is 9.59 Å².